The van der Waals surface area contributed by atoms with Gasteiger partial charge in [-0.25, -0.2) is 13.9 Å². The topological polar surface area (TPSA) is 39.9 Å². The van der Waals surface area contributed by atoms with Gasteiger partial charge in [-0.2, -0.15) is 0 Å². The third-order valence-electron chi connectivity index (χ3n) is 3.87. The van der Waals surface area contributed by atoms with Crippen LogP contribution >= 0.6 is 23.9 Å². The molecule has 0 saturated heterocycles. The van der Waals surface area contributed by atoms with E-state index in [-0.39, 0.29) is 12.3 Å². The Hall–Kier alpha value is -1.79. The van der Waals surface area contributed by atoms with Crippen LogP contribution in [0, 0.1) is 5.92 Å². The van der Waals surface area contributed by atoms with Gasteiger partial charge in [-0.3, -0.25) is 0 Å². The Labute approximate surface area is 142 Å². The number of pyridine rings is 2. The molecule has 1 saturated carbocycles. The van der Waals surface area contributed by atoms with Gasteiger partial charge in [-0.05, 0) is 43.0 Å². The van der Waals surface area contributed by atoms with Gasteiger partial charge in [-0.15, -0.1) is 3.89 Å². The molecule has 3 aromatic heterocycles. The van der Waals surface area contributed by atoms with Crippen molar-refractivity contribution in [2.75, 3.05) is 6.61 Å². The van der Waals surface area contributed by atoms with Gasteiger partial charge >= 0.3 is 0 Å². The molecule has 3 aromatic rings. The van der Waals surface area contributed by atoms with Crippen molar-refractivity contribution in [2.45, 2.75) is 12.8 Å². The number of fused-ring (bicyclic) bond motifs is 1. The van der Waals surface area contributed by atoms with E-state index >= 15 is 0 Å². The number of hydrogen-bond donors (Lipinski definition) is 0. The molecule has 4 rings (SSSR count). The summed E-state index contributed by atoms with van der Waals surface area (Å²) in [5.41, 5.74) is 2.14. The summed E-state index contributed by atoms with van der Waals surface area (Å²) in [6.45, 7) is 0.671. The van der Waals surface area contributed by atoms with Crippen molar-refractivity contribution < 1.29 is 8.62 Å². The fourth-order valence-electron chi connectivity index (χ4n) is 2.51. The molecule has 0 bridgehead atoms. The average Bonchev–Trinajstić information content (AvgIpc) is 3.33. The Morgan fingerprint density at radius 1 is 1.30 bits per heavy atom. The molecule has 0 radical (unpaired) electrons. The van der Waals surface area contributed by atoms with Crippen molar-refractivity contribution in [1.82, 2.24) is 13.9 Å². The zero-order valence-corrected chi connectivity index (χ0v) is 13.6. The van der Waals surface area contributed by atoms with E-state index in [2.05, 4.69) is 9.97 Å². The largest absolute Gasteiger partial charge is 0.477 e. The van der Waals surface area contributed by atoms with Crippen LogP contribution in [0.2, 0.25) is 5.15 Å². The normalized spacial score (nSPS) is 14.3. The lowest BCUT2D eigenvalue weighted by atomic mass is 10.1. The molecule has 0 N–H and O–H groups in total. The average molecular weight is 350 g/mol. The molecule has 1 aliphatic rings. The summed E-state index contributed by atoms with van der Waals surface area (Å²) < 4.78 is 20.4. The summed E-state index contributed by atoms with van der Waals surface area (Å²) in [7, 11) is 0. The Balaban J connectivity index is 1.82. The van der Waals surface area contributed by atoms with Gasteiger partial charge in [-0.1, -0.05) is 11.6 Å². The van der Waals surface area contributed by atoms with E-state index in [4.69, 9.17) is 16.3 Å². The van der Waals surface area contributed by atoms with Crippen LogP contribution in [0.4, 0.5) is 3.89 Å². The van der Waals surface area contributed by atoms with Gasteiger partial charge in [0.15, 0.2) is 18.0 Å². The van der Waals surface area contributed by atoms with Gasteiger partial charge < -0.3 is 4.74 Å². The maximum absolute atomic E-state index is 13.2. The molecule has 0 aliphatic heterocycles. The molecular weight excluding hydrogens is 337 g/mol. The zero-order valence-electron chi connectivity index (χ0n) is 12.1. The summed E-state index contributed by atoms with van der Waals surface area (Å²) in [6.07, 6.45) is 5.81. The van der Waals surface area contributed by atoms with Crippen LogP contribution in [0.5, 0.6) is 5.88 Å². The van der Waals surface area contributed by atoms with Crippen LogP contribution in [0.15, 0.2) is 36.7 Å². The van der Waals surface area contributed by atoms with E-state index in [1.54, 1.807) is 18.5 Å². The first-order valence-corrected chi connectivity index (χ1v) is 8.36. The molecular formula is C16H13ClFN3OS. The number of halogens is 2. The molecule has 0 atom stereocenters. The Morgan fingerprint density at radius 2 is 2.17 bits per heavy atom. The lowest BCUT2D eigenvalue weighted by Crippen LogP contribution is -2.01. The Bertz CT molecular complexity index is 866. The van der Waals surface area contributed by atoms with Crippen LogP contribution in [0.25, 0.3) is 22.2 Å². The van der Waals surface area contributed by atoms with Crippen molar-refractivity contribution in [3.63, 3.8) is 0 Å². The van der Waals surface area contributed by atoms with E-state index in [1.807, 2.05) is 18.2 Å². The minimum Gasteiger partial charge on any atom is -0.477 e. The summed E-state index contributed by atoms with van der Waals surface area (Å²) in [5.74, 6) is 1.20. The van der Waals surface area contributed by atoms with Gasteiger partial charge in [0.25, 0.3) is 0 Å². The summed E-state index contributed by atoms with van der Waals surface area (Å²) >= 11 is 6.02. The fraction of sp³-hybridized carbons (Fsp3) is 0.250. The number of aromatic nitrogens is 3. The van der Waals surface area contributed by atoms with Crippen molar-refractivity contribution in [2.24, 2.45) is 5.92 Å². The van der Waals surface area contributed by atoms with E-state index in [0.717, 1.165) is 16.5 Å². The molecule has 23 heavy (non-hydrogen) atoms. The Kier molecular flexibility index (Phi) is 3.87. The van der Waals surface area contributed by atoms with Crippen LogP contribution in [0.3, 0.4) is 0 Å². The molecule has 0 spiro atoms. The maximum atomic E-state index is 13.2. The molecule has 0 amide bonds. The molecule has 3 heterocycles. The smallest absolute Gasteiger partial charge is 0.221 e. The van der Waals surface area contributed by atoms with Crippen LogP contribution in [0.1, 0.15) is 12.8 Å². The van der Waals surface area contributed by atoms with Crippen molar-refractivity contribution in [1.29, 1.82) is 0 Å². The summed E-state index contributed by atoms with van der Waals surface area (Å²) in [6, 6.07) is 7.30. The first kappa shape index (κ1) is 14.8. The maximum Gasteiger partial charge on any atom is 0.221 e. The van der Waals surface area contributed by atoms with E-state index in [9.17, 15) is 3.89 Å². The third kappa shape index (κ3) is 2.88. The lowest BCUT2D eigenvalue weighted by molar-refractivity contribution is 0.290. The summed E-state index contributed by atoms with van der Waals surface area (Å²) in [4.78, 5) is 8.55. The van der Waals surface area contributed by atoms with E-state index < -0.39 is 0 Å². The molecule has 4 nitrogen and oxygen atoms in total. The number of rotatable bonds is 5. The van der Waals surface area contributed by atoms with Crippen molar-refractivity contribution >= 4 is 35.0 Å². The molecule has 118 valence electrons. The SMILES string of the molecule is FSn1cc(-c2cccnc2OCC2CC2)c2ccc(Cl)nc21. The highest BCUT2D eigenvalue weighted by Crippen LogP contribution is 2.38. The minimum atomic E-state index is 0.0909. The van der Waals surface area contributed by atoms with Gasteiger partial charge in [0, 0.05) is 28.9 Å². The molecule has 1 aliphatic carbocycles. The fourth-order valence-corrected chi connectivity index (χ4v) is 3.00. The summed E-state index contributed by atoms with van der Waals surface area (Å²) in [5, 5.41) is 1.14. The predicted molar refractivity (Wildman–Crippen MR) is 90.3 cm³/mol. The van der Waals surface area contributed by atoms with Gasteiger partial charge in [0.1, 0.15) is 5.15 Å². The van der Waals surface area contributed by atoms with E-state index in [1.165, 1.54) is 16.8 Å². The van der Waals surface area contributed by atoms with Crippen molar-refractivity contribution in [3.8, 4) is 17.0 Å². The second-order valence-electron chi connectivity index (χ2n) is 5.55. The third-order valence-corrected chi connectivity index (χ3v) is 4.51. The monoisotopic (exact) mass is 349 g/mol. The predicted octanol–water partition coefficient (Wildman–Crippen LogP) is 4.92. The number of nitrogens with zero attached hydrogens (tertiary/aromatic N) is 3. The molecule has 7 heteroatoms. The standard InChI is InChI=1S/C16H13ClFN3OS/c17-14-6-5-11-13(8-21(23-18)15(11)20-14)12-2-1-7-19-16(12)22-9-10-3-4-10/h1-2,5-8,10H,3-4,9H2. The van der Waals surface area contributed by atoms with Crippen LogP contribution < -0.4 is 4.74 Å². The first-order valence-electron chi connectivity index (χ1n) is 7.31. The molecule has 0 aromatic carbocycles. The van der Waals surface area contributed by atoms with Crippen LogP contribution in [-0.4, -0.2) is 20.5 Å². The highest BCUT2D eigenvalue weighted by atomic mass is 35.5. The Morgan fingerprint density at radius 3 is 2.96 bits per heavy atom. The van der Waals surface area contributed by atoms with Crippen LogP contribution in [-0.2, 0) is 0 Å². The molecule has 1 fully saturated rings. The minimum absolute atomic E-state index is 0.0909. The number of hydrogen-bond acceptors (Lipinski definition) is 4. The zero-order chi connectivity index (χ0) is 15.8. The lowest BCUT2D eigenvalue weighted by Gasteiger charge is -2.09. The second kappa shape index (κ2) is 6.02. The first-order chi connectivity index (χ1) is 11.3. The van der Waals surface area contributed by atoms with Crippen molar-refractivity contribution in [3.05, 3.63) is 41.8 Å². The molecule has 0 unspecified atom stereocenters. The highest BCUT2D eigenvalue weighted by Gasteiger charge is 2.23. The van der Waals surface area contributed by atoms with Gasteiger partial charge in [0.05, 0.1) is 6.61 Å². The quantitative estimate of drug-likeness (QED) is 0.613. The number of ether oxygens (including phenoxy) is 1. The van der Waals surface area contributed by atoms with E-state index in [0.29, 0.717) is 29.2 Å². The van der Waals surface area contributed by atoms with Gasteiger partial charge in [0.2, 0.25) is 5.88 Å². The highest BCUT2D eigenvalue weighted by molar-refractivity contribution is 7.92. The second-order valence-corrected chi connectivity index (χ2v) is 6.47.